The lowest BCUT2D eigenvalue weighted by atomic mass is 10.0. The summed E-state index contributed by atoms with van der Waals surface area (Å²) in [5.41, 5.74) is 5.69. The molecule has 4 fully saturated rings. The molecule has 132 heavy (non-hydrogen) atoms. The maximum absolute atomic E-state index is 13.8. The smallest absolute Gasteiger partial charge is 0.410 e. The molecule has 6 aromatic carbocycles. The first kappa shape index (κ1) is 104. The van der Waals surface area contributed by atoms with E-state index in [1.807, 2.05) is 96.4 Å². The summed E-state index contributed by atoms with van der Waals surface area (Å²) in [6.07, 6.45) is 12.2. The second kappa shape index (κ2) is 47.9. The van der Waals surface area contributed by atoms with Crippen molar-refractivity contribution in [1.82, 2.24) is 100 Å². The Balaban J connectivity index is 0.000000181. The molecule has 12 aromatic rings. The fourth-order valence-corrected chi connectivity index (χ4v) is 15.1. The van der Waals surface area contributed by atoms with Crippen molar-refractivity contribution >= 4 is 110 Å². The number of aromatic carboxylic acids is 1. The zero-order valence-corrected chi connectivity index (χ0v) is 80.4. The highest BCUT2D eigenvalue weighted by Crippen LogP contribution is 2.30. The van der Waals surface area contributed by atoms with Crippen LogP contribution >= 0.6 is 24.0 Å². The maximum atomic E-state index is 13.8. The van der Waals surface area contributed by atoms with Gasteiger partial charge in [-0.1, -0.05) is 71.7 Å². The molecule has 0 aliphatic carbocycles. The molecular formula is C96H125Cl2F4N23O7. The number of hydrogen-bond acceptors (Lipinski definition) is 24. The summed E-state index contributed by atoms with van der Waals surface area (Å²) in [5.74, 6) is 1.10. The van der Waals surface area contributed by atoms with Crippen molar-refractivity contribution in [3.63, 3.8) is 0 Å². The molecule has 0 spiro atoms. The molecule has 0 radical (unpaired) electrons. The molecule has 4 aliphatic heterocycles. The summed E-state index contributed by atoms with van der Waals surface area (Å²) >= 11 is 5.54. The van der Waals surface area contributed by atoms with E-state index >= 15 is 0 Å². The van der Waals surface area contributed by atoms with Gasteiger partial charge >= 0.3 is 18.2 Å². The van der Waals surface area contributed by atoms with Gasteiger partial charge in [-0.2, -0.15) is 30.0 Å². The van der Waals surface area contributed by atoms with Gasteiger partial charge in [0.1, 0.15) is 40.2 Å². The van der Waals surface area contributed by atoms with E-state index in [-0.39, 0.29) is 94.6 Å². The quantitative estimate of drug-likeness (QED) is 0.0846. The van der Waals surface area contributed by atoms with Crippen LogP contribution in [-0.4, -0.2) is 252 Å². The standard InChI is InChI=1S/C25H26FN7O.C20H27FN4O2.C15H19FN4.C12H24N2O2.C10H9N3O2.C8H4ClFN2.C6H15N.ClH/c1-16-4-7-23(33-28-8-9-29-33)21(12-16)24(34)32-11-10-31(15-17(2)18(32)3)25-27-14-19-13-20(26)5-6-22(19)30-25;1-13-12-24(8-9-25(14(13)2)19(26)27-20(3,4)5)18-22-11-15-10-16(21)6-7-17(15)23-18;1-10-9-20(6-5-17-11(10)2)15-18-8-12-7-13(16)3-4-14(12)19-15;1-9-8-13-6-7-14(10(9)2)11(15)16-12(3,4)5;1-7-2-3-9(8(6-7)10(14)15)13-11-4-5-12-13;9-8-11-4-5-3-6(10)1-2-7(5)12-8;1-4-7(5-2)6-3;/h4-9,12-14,17-18H,10-11,15H2,1-3H3;6-7,10-11,13-14H,8-9,12H2,1-5H3;3-4,7-8,10-11,17H,5-6,9H2,1-2H3;9-10,13H,6-8H2,1-5H3;2-6H,1H3,(H,14,15);1-4H;4-6H2,1-3H3;1H. The number of nitrogens with zero attached hydrogens (tertiary/aromatic N) is 21. The Labute approximate surface area is 781 Å². The minimum Gasteiger partial charge on any atom is -0.478 e. The van der Waals surface area contributed by atoms with E-state index in [1.54, 1.807) is 72.3 Å². The SMILES string of the molecule is CC1CN(c2ncc3cc(F)ccc3n2)CCN(C(=O)OC(C)(C)C)C1C.CC1CN(c2ncc3cc(F)ccc3n2)CCNC1C.CC1CNCCN(C(=O)OC(C)(C)C)C1C.CCN(CC)CC.Cc1ccc(-n2nccn2)c(C(=O)N2CCN(c3ncc4cc(F)ccc4n3)CC(C)C2C)c1.Cc1ccc(-n2nccn2)c(C(=O)O)c1.Cl.Fc1ccc2nc(Cl)ncc2c1. The van der Waals surface area contributed by atoms with Gasteiger partial charge in [-0.05, 0) is 242 Å². The van der Waals surface area contributed by atoms with Crippen LogP contribution in [-0.2, 0) is 9.47 Å². The molecule has 3 N–H and O–H groups in total. The first-order valence-electron chi connectivity index (χ1n) is 44.5. The van der Waals surface area contributed by atoms with Crippen LogP contribution in [0.4, 0.5) is 45.0 Å². The van der Waals surface area contributed by atoms with E-state index < -0.39 is 17.2 Å². The Hall–Kier alpha value is -12.0. The molecule has 4 aliphatic rings. The van der Waals surface area contributed by atoms with Crippen LogP contribution in [0.3, 0.4) is 0 Å². The molecule has 30 nitrogen and oxygen atoms in total. The van der Waals surface area contributed by atoms with Gasteiger partial charge in [0, 0.05) is 142 Å². The maximum Gasteiger partial charge on any atom is 0.410 e. The normalized spacial score (nSPS) is 18.8. The van der Waals surface area contributed by atoms with Gasteiger partial charge in [0.05, 0.1) is 63.7 Å². The van der Waals surface area contributed by atoms with Crippen molar-refractivity contribution < 1.29 is 51.3 Å². The van der Waals surface area contributed by atoms with E-state index in [4.69, 9.17) is 26.2 Å². The summed E-state index contributed by atoms with van der Waals surface area (Å²) < 4.78 is 63.7. The average molecular weight is 1860 g/mol. The lowest BCUT2D eigenvalue weighted by Crippen LogP contribution is -2.45. The molecule has 8 unspecified atom stereocenters. The Morgan fingerprint density at radius 2 is 0.818 bits per heavy atom. The van der Waals surface area contributed by atoms with Gasteiger partial charge in [0.15, 0.2) is 0 Å². The zero-order valence-electron chi connectivity index (χ0n) is 78.8. The minimum absolute atomic E-state index is 0. The number of amides is 3. The van der Waals surface area contributed by atoms with Crippen molar-refractivity contribution in [2.75, 3.05) is 113 Å². The Morgan fingerprint density at radius 3 is 1.23 bits per heavy atom. The number of aromatic nitrogens is 14. The Kier molecular flexibility index (Phi) is 37.7. The number of ether oxygens (including phenoxy) is 2. The molecule has 6 aromatic heterocycles. The predicted octanol–water partition coefficient (Wildman–Crippen LogP) is 17.0. The number of rotatable bonds is 10. The monoisotopic (exact) mass is 1860 g/mol. The van der Waals surface area contributed by atoms with E-state index in [1.165, 1.54) is 96.3 Å². The molecule has 16 rings (SSSR count). The van der Waals surface area contributed by atoms with Gasteiger partial charge in [-0.3, -0.25) is 4.79 Å². The number of benzene rings is 6. The van der Waals surface area contributed by atoms with Crippen molar-refractivity contribution in [3.8, 4) is 11.4 Å². The molecule has 708 valence electrons. The van der Waals surface area contributed by atoms with Gasteiger partial charge in [0.25, 0.3) is 5.91 Å². The largest absolute Gasteiger partial charge is 0.478 e. The van der Waals surface area contributed by atoms with Crippen LogP contribution < -0.4 is 25.3 Å². The number of nitrogens with one attached hydrogen (secondary N) is 2. The highest BCUT2D eigenvalue weighted by atomic mass is 35.5. The molecule has 4 saturated heterocycles. The zero-order chi connectivity index (χ0) is 95.1. The van der Waals surface area contributed by atoms with Gasteiger partial charge in [-0.15, -0.1) is 12.4 Å². The second-order valence-electron chi connectivity index (χ2n) is 35.3. The summed E-state index contributed by atoms with van der Waals surface area (Å²) in [5, 5.41) is 35.0. The topological polar surface area (TPSA) is 318 Å². The fraction of sp³-hybridized carbons (Fsp3) is 0.458. The number of carbonyl (C=O) groups is 4. The van der Waals surface area contributed by atoms with Crippen molar-refractivity contribution in [2.45, 2.75) is 167 Å². The number of anilines is 3. The molecule has 36 heteroatoms. The number of fused-ring (bicyclic) bond motifs is 4. The first-order valence-corrected chi connectivity index (χ1v) is 44.9. The van der Waals surface area contributed by atoms with E-state index in [0.29, 0.717) is 112 Å². The Bertz CT molecular complexity index is 5730. The van der Waals surface area contributed by atoms with Crippen LogP contribution in [0.15, 0.2) is 159 Å². The lowest BCUT2D eigenvalue weighted by Gasteiger charge is -2.32. The van der Waals surface area contributed by atoms with E-state index in [2.05, 4.69) is 160 Å². The third-order valence-corrected chi connectivity index (χ3v) is 23.4. The number of carboxylic acid groups (broad SMARTS) is 1. The average Bonchev–Trinajstić information content (AvgIpc) is 1.57. The lowest BCUT2D eigenvalue weighted by molar-refractivity contribution is 0.0145. The highest BCUT2D eigenvalue weighted by molar-refractivity contribution is 6.28. The van der Waals surface area contributed by atoms with Crippen molar-refractivity contribution in [2.24, 2.45) is 23.7 Å². The number of hydrogen-bond donors (Lipinski definition) is 3. The van der Waals surface area contributed by atoms with Gasteiger partial charge in [0.2, 0.25) is 23.1 Å². The highest BCUT2D eigenvalue weighted by Gasteiger charge is 2.36. The fourth-order valence-electron chi connectivity index (χ4n) is 15.0. The van der Waals surface area contributed by atoms with Crippen molar-refractivity contribution in [1.29, 1.82) is 0 Å². The number of carboxylic acids is 1. The molecule has 0 bridgehead atoms. The molecule has 10 heterocycles. The van der Waals surface area contributed by atoms with Crippen LogP contribution in [0.1, 0.15) is 150 Å². The van der Waals surface area contributed by atoms with Crippen LogP contribution in [0, 0.1) is 60.8 Å². The van der Waals surface area contributed by atoms with Crippen molar-refractivity contribution in [3.05, 3.63) is 210 Å². The second-order valence-corrected chi connectivity index (χ2v) is 35.7. The third kappa shape index (κ3) is 29.3. The molecular weight excluding hydrogens is 1730 g/mol. The third-order valence-electron chi connectivity index (χ3n) is 23.2. The minimum atomic E-state index is -0.981. The van der Waals surface area contributed by atoms with E-state index in [0.717, 1.165) is 73.8 Å². The number of aryl methyl sites for hydroxylation is 2. The first-order chi connectivity index (χ1) is 62.3. The van der Waals surface area contributed by atoms with Gasteiger partial charge in [-0.25, -0.2) is 71.8 Å². The molecule has 0 saturated carbocycles. The number of carbonyl (C=O) groups excluding carboxylic acids is 3. The van der Waals surface area contributed by atoms with Crippen LogP contribution in [0.2, 0.25) is 5.28 Å². The summed E-state index contributed by atoms with van der Waals surface area (Å²) in [4.78, 5) is 101. The van der Waals surface area contributed by atoms with Gasteiger partial charge < -0.3 is 59.5 Å². The van der Waals surface area contributed by atoms with E-state index in [9.17, 15) is 36.7 Å². The number of halogens is 6. The summed E-state index contributed by atoms with van der Waals surface area (Å²) in [7, 11) is 0. The van der Waals surface area contributed by atoms with Crippen LogP contribution in [0.25, 0.3) is 55.0 Å². The molecule has 3 amide bonds. The summed E-state index contributed by atoms with van der Waals surface area (Å²) in [6, 6.07) is 29.5. The Morgan fingerprint density at radius 1 is 0.455 bits per heavy atom. The summed E-state index contributed by atoms with van der Waals surface area (Å²) in [6.45, 7) is 51.2. The molecule has 8 atom stereocenters. The predicted molar refractivity (Wildman–Crippen MR) is 512 cm³/mol. The van der Waals surface area contributed by atoms with Crippen LogP contribution in [0.5, 0.6) is 0 Å².